The van der Waals surface area contributed by atoms with Crippen LogP contribution in [0.1, 0.15) is 149 Å². The summed E-state index contributed by atoms with van der Waals surface area (Å²) < 4.78 is 22.1. The van der Waals surface area contributed by atoms with E-state index in [-0.39, 0.29) is 25.5 Å². The number of nitrogens with two attached hydrogens (primary N) is 1. The highest BCUT2D eigenvalue weighted by atomic mass is 31.2. The summed E-state index contributed by atoms with van der Waals surface area (Å²) in [4.78, 5) is 22.6. The molecule has 54 heavy (non-hydrogen) atoms. The minimum absolute atomic E-state index is 0.0574. The van der Waals surface area contributed by atoms with Gasteiger partial charge in [0.15, 0.2) is 0 Å². The molecule has 0 saturated carbocycles. The molecule has 3 unspecified atom stereocenters. The predicted octanol–water partition coefficient (Wildman–Crippen LogP) is 11.6. The summed E-state index contributed by atoms with van der Waals surface area (Å²) in [6, 6.07) is -0.919. The maximum Gasteiger partial charge on any atom is 0.472 e. The smallest absolute Gasteiger partial charge is 0.387 e. The number of phosphoric acid groups is 1. The summed E-state index contributed by atoms with van der Waals surface area (Å²) >= 11 is 0. The molecule has 0 aromatic rings. The summed E-state index contributed by atoms with van der Waals surface area (Å²) in [5, 5.41) is 13.6. The molecule has 0 aliphatic carbocycles. The van der Waals surface area contributed by atoms with Crippen molar-refractivity contribution in [3.05, 3.63) is 97.2 Å². The van der Waals surface area contributed by atoms with Gasteiger partial charge in [0.25, 0.3) is 0 Å². The monoisotopic (exact) mass is 773 g/mol. The molecule has 9 heteroatoms. The average Bonchev–Trinajstić information content (AvgIpc) is 3.16. The third-order valence-electron chi connectivity index (χ3n) is 8.37. The SMILES string of the molecule is CC/C=C\C/C=C\C/C=C\C/C=C\C/C=C\CCCC(=O)NC(COP(=O)(O)OCCN)C(O)/C=C/CC/C=C/CC/C=C/CCCCCCCCCC. The van der Waals surface area contributed by atoms with Crippen molar-refractivity contribution in [1.82, 2.24) is 5.32 Å². The maximum atomic E-state index is 12.7. The number of hydrogen-bond acceptors (Lipinski definition) is 6. The van der Waals surface area contributed by atoms with Crippen molar-refractivity contribution < 1.29 is 28.4 Å². The van der Waals surface area contributed by atoms with E-state index in [2.05, 4.69) is 104 Å². The van der Waals surface area contributed by atoms with Gasteiger partial charge in [0.2, 0.25) is 5.91 Å². The zero-order valence-electron chi connectivity index (χ0n) is 33.9. The van der Waals surface area contributed by atoms with Gasteiger partial charge in [-0.3, -0.25) is 13.8 Å². The van der Waals surface area contributed by atoms with Crippen LogP contribution in [0.3, 0.4) is 0 Å². The van der Waals surface area contributed by atoms with Gasteiger partial charge >= 0.3 is 7.82 Å². The van der Waals surface area contributed by atoms with Crippen molar-refractivity contribution in [2.24, 2.45) is 5.73 Å². The Bertz CT molecular complexity index is 1160. The molecule has 0 spiro atoms. The van der Waals surface area contributed by atoms with E-state index in [0.717, 1.165) is 57.8 Å². The zero-order chi connectivity index (χ0) is 39.6. The zero-order valence-corrected chi connectivity index (χ0v) is 34.8. The number of aliphatic hydroxyl groups excluding tert-OH is 1. The quantitative estimate of drug-likeness (QED) is 0.0281. The number of aliphatic hydroxyl groups is 1. The number of phosphoric ester groups is 1. The highest BCUT2D eigenvalue weighted by molar-refractivity contribution is 7.47. The van der Waals surface area contributed by atoms with Crippen LogP contribution in [-0.2, 0) is 18.4 Å². The molecule has 0 aromatic heterocycles. The molecule has 3 atom stereocenters. The van der Waals surface area contributed by atoms with Crippen LogP contribution in [0.25, 0.3) is 0 Å². The van der Waals surface area contributed by atoms with Gasteiger partial charge in [-0.05, 0) is 83.5 Å². The Morgan fingerprint density at radius 2 is 1.09 bits per heavy atom. The molecular weight excluding hydrogens is 695 g/mol. The molecule has 5 N–H and O–H groups in total. The van der Waals surface area contributed by atoms with Gasteiger partial charge in [-0.1, -0.05) is 156 Å². The first-order valence-electron chi connectivity index (χ1n) is 20.9. The fourth-order valence-corrected chi connectivity index (χ4v) is 6.02. The van der Waals surface area contributed by atoms with Gasteiger partial charge < -0.3 is 21.1 Å². The van der Waals surface area contributed by atoms with Gasteiger partial charge in [-0.2, -0.15) is 0 Å². The second-order valence-corrected chi connectivity index (χ2v) is 14.9. The van der Waals surface area contributed by atoms with E-state index in [1.165, 1.54) is 57.8 Å². The molecule has 1 amide bonds. The number of amides is 1. The van der Waals surface area contributed by atoms with E-state index in [9.17, 15) is 19.4 Å². The first kappa shape index (κ1) is 51.4. The molecule has 0 rings (SSSR count). The lowest BCUT2D eigenvalue weighted by atomic mass is 10.1. The number of hydrogen-bond donors (Lipinski definition) is 4. The minimum Gasteiger partial charge on any atom is -0.387 e. The van der Waals surface area contributed by atoms with E-state index >= 15 is 0 Å². The largest absolute Gasteiger partial charge is 0.472 e. The second kappa shape index (κ2) is 40.1. The number of unbranched alkanes of at least 4 members (excludes halogenated alkanes) is 11. The second-order valence-electron chi connectivity index (χ2n) is 13.4. The van der Waals surface area contributed by atoms with Crippen molar-refractivity contribution in [2.45, 2.75) is 161 Å². The summed E-state index contributed by atoms with van der Waals surface area (Å²) in [6.07, 6.45) is 54.7. The summed E-state index contributed by atoms with van der Waals surface area (Å²) in [6.45, 7) is 3.91. The van der Waals surface area contributed by atoms with Crippen LogP contribution in [0.4, 0.5) is 0 Å². The van der Waals surface area contributed by atoms with E-state index in [4.69, 9.17) is 14.8 Å². The standard InChI is InChI=1S/C45H77N2O6P/c1-3-5-7-9-11-13-15-17-19-21-23-24-26-28-30-32-34-36-38-44(48)43(42-53-54(50,51)52-41-40-46)47-45(49)39-37-35-33-31-29-27-25-22-20-18-16-14-12-10-8-6-4-2/h6,8,12,14,18,20-21,23,25,27-28,30-31,33,36,38,43-44,48H,3-5,7,9-11,13,15-17,19,22,24,26,29,32,34-35,37,39-42,46H2,1-2H3,(H,47,49)(H,50,51)/b8-6-,14-12-,20-18-,23-21+,27-25-,30-28+,33-31-,38-36+. The highest BCUT2D eigenvalue weighted by Crippen LogP contribution is 2.43. The van der Waals surface area contributed by atoms with E-state index in [1.807, 2.05) is 6.08 Å². The number of rotatable bonds is 37. The van der Waals surface area contributed by atoms with Gasteiger partial charge in [0.05, 0.1) is 25.4 Å². The van der Waals surface area contributed by atoms with Gasteiger partial charge in [-0.25, -0.2) is 4.57 Å². The topological polar surface area (TPSA) is 131 Å². The van der Waals surface area contributed by atoms with Crippen LogP contribution >= 0.6 is 7.82 Å². The van der Waals surface area contributed by atoms with Crippen molar-refractivity contribution in [3.63, 3.8) is 0 Å². The minimum atomic E-state index is -4.37. The fraction of sp³-hybridized carbons (Fsp3) is 0.622. The molecule has 308 valence electrons. The van der Waals surface area contributed by atoms with E-state index < -0.39 is 26.6 Å². The van der Waals surface area contributed by atoms with Crippen LogP contribution in [0.5, 0.6) is 0 Å². The van der Waals surface area contributed by atoms with Crippen LogP contribution in [-0.4, -0.2) is 47.8 Å². The molecular formula is C45H77N2O6P. The Labute approximate surface area is 330 Å². The summed E-state index contributed by atoms with van der Waals surface area (Å²) in [5.74, 6) is -0.270. The Kier molecular flexibility index (Phi) is 38.2. The Balaban J connectivity index is 4.47. The molecule has 0 bridgehead atoms. The number of nitrogens with one attached hydrogen (secondary N) is 1. The summed E-state index contributed by atoms with van der Waals surface area (Å²) in [7, 11) is -4.37. The molecule has 0 aliphatic rings. The molecule has 0 aliphatic heterocycles. The fourth-order valence-electron chi connectivity index (χ4n) is 5.26. The molecule has 0 saturated heterocycles. The lowest BCUT2D eigenvalue weighted by Crippen LogP contribution is -2.45. The average molecular weight is 773 g/mol. The van der Waals surface area contributed by atoms with Gasteiger partial charge in [0.1, 0.15) is 0 Å². The molecule has 0 radical (unpaired) electrons. The van der Waals surface area contributed by atoms with Crippen LogP contribution in [0.2, 0.25) is 0 Å². The number of carbonyl (C=O) groups excluding carboxylic acids is 1. The molecule has 0 fully saturated rings. The first-order chi connectivity index (χ1) is 26.4. The molecule has 8 nitrogen and oxygen atoms in total. The third kappa shape index (κ3) is 37.7. The Morgan fingerprint density at radius 3 is 1.65 bits per heavy atom. The lowest BCUT2D eigenvalue weighted by Gasteiger charge is -2.23. The van der Waals surface area contributed by atoms with Crippen molar-refractivity contribution in [1.29, 1.82) is 0 Å². The van der Waals surface area contributed by atoms with Crippen molar-refractivity contribution in [3.8, 4) is 0 Å². The van der Waals surface area contributed by atoms with E-state index in [1.54, 1.807) is 6.08 Å². The normalized spacial score (nSPS) is 15.1. The lowest BCUT2D eigenvalue weighted by molar-refractivity contribution is -0.122. The first-order valence-corrected chi connectivity index (χ1v) is 22.4. The van der Waals surface area contributed by atoms with Crippen LogP contribution in [0, 0.1) is 0 Å². The van der Waals surface area contributed by atoms with Crippen LogP contribution in [0.15, 0.2) is 97.2 Å². The Hall–Kier alpha value is -2.58. The third-order valence-corrected chi connectivity index (χ3v) is 9.36. The summed E-state index contributed by atoms with van der Waals surface area (Å²) in [5.41, 5.74) is 5.36. The van der Waals surface area contributed by atoms with Crippen molar-refractivity contribution >= 4 is 13.7 Å². The van der Waals surface area contributed by atoms with Gasteiger partial charge in [0, 0.05) is 13.0 Å². The highest BCUT2D eigenvalue weighted by Gasteiger charge is 2.26. The van der Waals surface area contributed by atoms with Gasteiger partial charge in [-0.15, -0.1) is 0 Å². The van der Waals surface area contributed by atoms with Crippen molar-refractivity contribution in [2.75, 3.05) is 19.8 Å². The number of allylic oxidation sites excluding steroid dienone is 15. The molecule has 0 heterocycles. The number of carbonyl (C=O) groups is 1. The van der Waals surface area contributed by atoms with Crippen LogP contribution < -0.4 is 11.1 Å². The predicted molar refractivity (Wildman–Crippen MR) is 230 cm³/mol. The molecule has 0 aromatic carbocycles. The maximum absolute atomic E-state index is 12.7. The Morgan fingerprint density at radius 1 is 0.630 bits per heavy atom. The van der Waals surface area contributed by atoms with E-state index in [0.29, 0.717) is 12.8 Å².